The van der Waals surface area contributed by atoms with Crippen molar-refractivity contribution in [3.05, 3.63) is 94.6 Å². The smallest absolute Gasteiger partial charge is 0.300 e. The summed E-state index contributed by atoms with van der Waals surface area (Å²) in [5.41, 5.74) is 3.40. The number of amides is 1. The average molecular weight is 458 g/mol. The number of ketones is 1. The highest BCUT2D eigenvalue weighted by Gasteiger charge is 2.47. The fourth-order valence-electron chi connectivity index (χ4n) is 4.27. The van der Waals surface area contributed by atoms with Gasteiger partial charge in [0.15, 0.2) is 0 Å². The van der Waals surface area contributed by atoms with Gasteiger partial charge in [-0.2, -0.15) is 0 Å². The van der Waals surface area contributed by atoms with Crippen LogP contribution in [-0.2, 0) is 9.59 Å². The van der Waals surface area contributed by atoms with E-state index in [2.05, 4.69) is 0 Å². The Balaban J connectivity index is 1.92. The van der Waals surface area contributed by atoms with Crippen molar-refractivity contribution < 1.29 is 24.5 Å². The van der Waals surface area contributed by atoms with E-state index in [1.54, 1.807) is 42.5 Å². The summed E-state index contributed by atoms with van der Waals surface area (Å²) < 4.78 is 5.73. The number of Topliss-reactive ketones (excluding diaryl/α,β-unsaturated/α-hetero) is 1. The largest absolute Gasteiger partial charge is 0.508 e. The summed E-state index contributed by atoms with van der Waals surface area (Å²) in [6.07, 6.45) is -0.0653. The van der Waals surface area contributed by atoms with Crippen LogP contribution in [0, 0.1) is 13.8 Å². The van der Waals surface area contributed by atoms with Gasteiger partial charge in [0.05, 0.1) is 17.7 Å². The van der Waals surface area contributed by atoms with Gasteiger partial charge >= 0.3 is 0 Å². The molecule has 0 bridgehead atoms. The Bertz CT molecular complexity index is 1290. The van der Waals surface area contributed by atoms with Gasteiger partial charge in [0, 0.05) is 11.3 Å². The molecule has 34 heavy (non-hydrogen) atoms. The van der Waals surface area contributed by atoms with Crippen molar-refractivity contribution in [3.8, 4) is 11.5 Å². The molecule has 2 N–H and O–H groups in total. The van der Waals surface area contributed by atoms with Gasteiger partial charge in [-0.15, -0.1) is 0 Å². The number of benzene rings is 3. The number of hydrogen-bond donors (Lipinski definition) is 2. The molecular weight excluding hydrogens is 430 g/mol. The molecule has 1 fully saturated rings. The summed E-state index contributed by atoms with van der Waals surface area (Å²) >= 11 is 0. The van der Waals surface area contributed by atoms with Gasteiger partial charge < -0.3 is 14.9 Å². The monoisotopic (exact) mass is 457 g/mol. The highest BCUT2D eigenvalue weighted by Crippen LogP contribution is 2.43. The number of phenols is 1. The van der Waals surface area contributed by atoms with E-state index in [0.717, 1.165) is 11.1 Å². The lowest BCUT2D eigenvalue weighted by Crippen LogP contribution is -2.30. The van der Waals surface area contributed by atoms with Crippen LogP contribution in [0.15, 0.2) is 72.3 Å². The zero-order valence-corrected chi connectivity index (χ0v) is 19.6. The number of nitrogens with zero attached hydrogens (tertiary/aromatic N) is 1. The van der Waals surface area contributed by atoms with Crippen molar-refractivity contribution in [2.45, 2.75) is 39.8 Å². The Morgan fingerprint density at radius 1 is 0.971 bits per heavy atom. The number of aromatic hydroxyl groups is 1. The zero-order valence-electron chi connectivity index (χ0n) is 19.6. The number of aryl methyl sites for hydroxylation is 2. The summed E-state index contributed by atoms with van der Waals surface area (Å²) in [4.78, 5) is 28.0. The van der Waals surface area contributed by atoms with E-state index in [9.17, 15) is 19.8 Å². The minimum absolute atomic E-state index is 0.0163. The molecule has 0 radical (unpaired) electrons. The first-order valence-electron chi connectivity index (χ1n) is 11.1. The van der Waals surface area contributed by atoms with Crippen LogP contribution in [0.4, 0.5) is 5.69 Å². The molecule has 1 heterocycles. The first-order chi connectivity index (χ1) is 16.2. The molecule has 1 aliphatic rings. The van der Waals surface area contributed by atoms with Crippen molar-refractivity contribution in [2.24, 2.45) is 0 Å². The maximum atomic E-state index is 13.3. The second-order valence-corrected chi connectivity index (χ2v) is 8.75. The SMILES string of the molecule is Cc1ccc(N2C(=O)C(=O)/C(=C(/O)c3cccc(OC(C)C)c3)C2c2ccc(O)cc2)c(C)c1. The van der Waals surface area contributed by atoms with Crippen LogP contribution in [0.1, 0.15) is 42.1 Å². The minimum atomic E-state index is -0.864. The van der Waals surface area contributed by atoms with E-state index < -0.39 is 17.7 Å². The number of anilines is 1. The first kappa shape index (κ1) is 23.1. The molecule has 4 rings (SSSR count). The van der Waals surface area contributed by atoms with Crippen LogP contribution in [0.3, 0.4) is 0 Å². The van der Waals surface area contributed by atoms with E-state index >= 15 is 0 Å². The molecule has 6 nitrogen and oxygen atoms in total. The van der Waals surface area contributed by atoms with Crippen LogP contribution in [-0.4, -0.2) is 28.0 Å². The third kappa shape index (κ3) is 4.27. The standard InChI is InChI=1S/C28H27NO5/c1-16(2)34-22-7-5-6-20(15-22)26(31)24-25(19-9-11-21(30)12-10-19)29(28(33)27(24)32)23-13-8-17(3)14-18(23)4/h5-16,25,30-31H,1-4H3/b26-24+. The molecule has 174 valence electrons. The highest BCUT2D eigenvalue weighted by atomic mass is 16.5. The third-order valence-electron chi connectivity index (χ3n) is 5.74. The molecule has 1 unspecified atom stereocenters. The molecule has 0 spiro atoms. The molecule has 0 aromatic heterocycles. The predicted octanol–water partition coefficient (Wildman–Crippen LogP) is 5.42. The molecule has 1 saturated heterocycles. The zero-order chi connectivity index (χ0) is 24.6. The first-order valence-corrected chi connectivity index (χ1v) is 11.1. The summed E-state index contributed by atoms with van der Waals surface area (Å²) in [7, 11) is 0. The molecule has 0 aliphatic carbocycles. The van der Waals surface area contributed by atoms with Gasteiger partial charge in [-0.05, 0) is 69.2 Å². The Morgan fingerprint density at radius 2 is 1.68 bits per heavy atom. The summed E-state index contributed by atoms with van der Waals surface area (Å²) in [6.45, 7) is 7.62. The normalized spacial score (nSPS) is 17.4. The second-order valence-electron chi connectivity index (χ2n) is 8.75. The van der Waals surface area contributed by atoms with Crippen molar-refractivity contribution in [2.75, 3.05) is 4.90 Å². The van der Waals surface area contributed by atoms with Crippen molar-refractivity contribution in [3.63, 3.8) is 0 Å². The van der Waals surface area contributed by atoms with E-state index in [1.165, 1.54) is 17.0 Å². The molecule has 1 atom stereocenters. The number of carbonyl (C=O) groups excluding carboxylic acids is 2. The number of aliphatic hydroxyl groups is 1. The number of phenolic OH excluding ortho intramolecular Hbond substituents is 1. The lowest BCUT2D eigenvalue weighted by molar-refractivity contribution is -0.132. The molecule has 6 heteroatoms. The van der Waals surface area contributed by atoms with Crippen LogP contribution in [0.2, 0.25) is 0 Å². The quantitative estimate of drug-likeness (QED) is 0.303. The van der Waals surface area contributed by atoms with Crippen molar-refractivity contribution >= 4 is 23.1 Å². The van der Waals surface area contributed by atoms with Gasteiger partial charge in [-0.1, -0.05) is 42.0 Å². The van der Waals surface area contributed by atoms with Crippen LogP contribution < -0.4 is 9.64 Å². The number of ether oxygens (including phenoxy) is 1. The van der Waals surface area contributed by atoms with Crippen LogP contribution >= 0.6 is 0 Å². The van der Waals surface area contributed by atoms with E-state index in [4.69, 9.17) is 4.74 Å². The molecule has 3 aromatic carbocycles. The van der Waals surface area contributed by atoms with Crippen LogP contribution in [0.25, 0.3) is 5.76 Å². The van der Waals surface area contributed by atoms with Crippen molar-refractivity contribution in [1.29, 1.82) is 0 Å². The Hall–Kier alpha value is -4.06. The summed E-state index contributed by atoms with van der Waals surface area (Å²) in [5, 5.41) is 21.1. The fourth-order valence-corrected chi connectivity index (χ4v) is 4.27. The highest BCUT2D eigenvalue weighted by molar-refractivity contribution is 6.51. The van der Waals surface area contributed by atoms with E-state index in [0.29, 0.717) is 22.6 Å². The van der Waals surface area contributed by atoms with E-state index in [-0.39, 0.29) is 23.2 Å². The molecule has 1 aliphatic heterocycles. The van der Waals surface area contributed by atoms with Gasteiger partial charge in [-0.25, -0.2) is 0 Å². The Kier molecular flexibility index (Phi) is 6.16. The van der Waals surface area contributed by atoms with Gasteiger partial charge in [0.1, 0.15) is 17.3 Å². The Morgan fingerprint density at radius 3 is 2.32 bits per heavy atom. The summed E-state index contributed by atoms with van der Waals surface area (Å²) in [6, 6.07) is 17.8. The Labute approximate surface area is 198 Å². The maximum absolute atomic E-state index is 13.3. The fraction of sp³-hybridized carbons (Fsp3) is 0.214. The lowest BCUT2D eigenvalue weighted by atomic mass is 9.94. The predicted molar refractivity (Wildman–Crippen MR) is 131 cm³/mol. The molecule has 1 amide bonds. The van der Waals surface area contributed by atoms with E-state index in [1.807, 2.05) is 39.8 Å². The minimum Gasteiger partial charge on any atom is -0.508 e. The number of rotatable bonds is 5. The lowest BCUT2D eigenvalue weighted by Gasteiger charge is -2.27. The molecular formula is C28H27NO5. The number of aliphatic hydroxyl groups excluding tert-OH is 1. The average Bonchev–Trinajstić information content (AvgIpc) is 3.04. The third-order valence-corrected chi connectivity index (χ3v) is 5.74. The van der Waals surface area contributed by atoms with Crippen LogP contribution in [0.5, 0.6) is 11.5 Å². The molecule has 0 saturated carbocycles. The maximum Gasteiger partial charge on any atom is 0.300 e. The van der Waals surface area contributed by atoms with Gasteiger partial charge in [-0.3, -0.25) is 14.5 Å². The van der Waals surface area contributed by atoms with Gasteiger partial charge in [0.2, 0.25) is 0 Å². The second kappa shape index (κ2) is 9.06. The number of carbonyl (C=O) groups is 2. The molecule has 3 aromatic rings. The van der Waals surface area contributed by atoms with Crippen molar-refractivity contribution in [1.82, 2.24) is 0 Å². The topological polar surface area (TPSA) is 87.1 Å². The summed E-state index contributed by atoms with van der Waals surface area (Å²) in [5.74, 6) is -1.17. The number of hydrogen-bond acceptors (Lipinski definition) is 5. The van der Waals surface area contributed by atoms with Gasteiger partial charge in [0.25, 0.3) is 11.7 Å².